The molecule has 0 aliphatic carbocycles. The molecule has 4 heteroatoms. The highest BCUT2D eigenvalue weighted by molar-refractivity contribution is 5.83. The molecule has 1 aliphatic rings. The van der Waals surface area contributed by atoms with Crippen molar-refractivity contribution in [2.24, 2.45) is 11.3 Å². The van der Waals surface area contributed by atoms with E-state index >= 15 is 0 Å². The fourth-order valence-electron chi connectivity index (χ4n) is 3.07. The predicted molar refractivity (Wildman–Crippen MR) is 86.9 cm³/mol. The van der Waals surface area contributed by atoms with Crippen LogP contribution in [-0.2, 0) is 4.79 Å². The largest absolute Gasteiger partial charge is 0.480 e. The van der Waals surface area contributed by atoms with Crippen LogP contribution in [0.25, 0.3) is 0 Å². The molecule has 2 N–H and O–H groups in total. The third kappa shape index (κ3) is 3.27. The lowest BCUT2D eigenvalue weighted by Gasteiger charge is -2.33. The van der Waals surface area contributed by atoms with Crippen LogP contribution in [0.4, 0.5) is 0 Å². The van der Waals surface area contributed by atoms with E-state index in [2.05, 4.69) is 5.32 Å². The van der Waals surface area contributed by atoms with Gasteiger partial charge in [-0.1, -0.05) is 52.8 Å². The van der Waals surface area contributed by atoms with Gasteiger partial charge in [0.2, 0.25) is 0 Å². The highest BCUT2D eigenvalue weighted by Crippen LogP contribution is 2.37. The molecule has 0 spiro atoms. The van der Waals surface area contributed by atoms with Crippen LogP contribution in [0, 0.1) is 11.3 Å². The number of benzene rings is 1. The highest BCUT2D eigenvalue weighted by atomic mass is 16.5. The second-order valence-corrected chi connectivity index (χ2v) is 7.26. The van der Waals surface area contributed by atoms with Gasteiger partial charge in [-0.25, -0.2) is 0 Å². The summed E-state index contributed by atoms with van der Waals surface area (Å²) >= 11 is 0. The number of aliphatic hydroxyl groups excluding tert-OH is 1. The van der Waals surface area contributed by atoms with Gasteiger partial charge < -0.3 is 15.2 Å². The molecule has 2 rings (SSSR count). The number of para-hydroxylation sites is 1. The van der Waals surface area contributed by atoms with Gasteiger partial charge in [0, 0.05) is 23.4 Å². The first-order valence-electron chi connectivity index (χ1n) is 7.95. The van der Waals surface area contributed by atoms with Crippen LogP contribution in [0.5, 0.6) is 5.75 Å². The monoisotopic (exact) mass is 305 g/mol. The van der Waals surface area contributed by atoms with Crippen LogP contribution in [0.1, 0.15) is 46.1 Å². The Labute approximate surface area is 132 Å². The Hall–Kier alpha value is -1.55. The smallest absolute Gasteiger partial charge is 0.261 e. The van der Waals surface area contributed by atoms with E-state index in [1.807, 2.05) is 58.9 Å². The van der Waals surface area contributed by atoms with Gasteiger partial charge in [0.1, 0.15) is 5.75 Å². The van der Waals surface area contributed by atoms with E-state index in [4.69, 9.17) is 4.74 Å². The van der Waals surface area contributed by atoms with Crippen LogP contribution < -0.4 is 10.1 Å². The van der Waals surface area contributed by atoms with Gasteiger partial charge >= 0.3 is 0 Å². The molecule has 0 saturated carbocycles. The molecule has 1 amide bonds. The van der Waals surface area contributed by atoms with Gasteiger partial charge in [0.15, 0.2) is 6.10 Å². The van der Waals surface area contributed by atoms with Gasteiger partial charge in [0.05, 0.1) is 6.10 Å². The normalized spacial score (nSPS) is 22.1. The summed E-state index contributed by atoms with van der Waals surface area (Å²) in [6.07, 6.45) is -0.962. The van der Waals surface area contributed by atoms with Crippen LogP contribution in [0.2, 0.25) is 0 Å². The van der Waals surface area contributed by atoms with Crippen molar-refractivity contribution >= 4 is 5.91 Å². The number of rotatable bonds is 5. The molecular formula is C18H27NO3. The summed E-state index contributed by atoms with van der Waals surface area (Å²) in [6, 6.07) is 7.76. The molecule has 1 heterocycles. The second kappa shape index (κ2) is 6.29. The summed E-state index contributed by atoms with van der Waals surface area (Å²) in [5, 5.41) is 13.2. The Morgan fingerprint density at radius 1 is 1.36 bits per heavy atom. The van der Waals surface area contributed by atoms with E-state index in [9.17, 15) is 9.90 Å². The maximum Gasteiger partial charge on any atom is 0.261 e. The van der Waals surface area contributed by atoms with Crippen molar-refractivity contribution in [3.05, 3.63) is 29.8 Å². The number of hydrogen-bond acceptors (Lipinski definition) is 3. The molecule has 22 heavy (non-hydrogen) atoms. The maximum absolute atomic E-state index is 12.4. The van der Waals surface area contributed by atoms with Crippen molar-refractivity contribution in [2.75, 3.05) is 6.54 Å². The Morgan fingerprint density at radius 3 is 2.59 bits per heavy atom. The zero-order valence-corrected chi connectivity index (χ0v) is 14.1. The minimum atomic E-state index is -0.496. The molecule has 1 aromatic carbocycles. The number of aliphatic hydroxyl groups is 1. The average molecular weight is 305 g/mol. The van der Waals surface area contributed by atoms with Crippen molar-refractivity contribution in [2.45, 2.75) is 52.7 Å². The van der Waals surface area contributed by atoms with Crippen LogP contribution in [0.15, 0.2) is 24.3 Å². The number of hydrogen-bond donors (Lipinski definition) is 2. The van der Waals surface area contributed by atoms with Crippen molar-refractivity contribution < 1.29 is 14.6 Å². The standard InChI is InChI=1S/C18H27NO3/c1-11(2)16(20)18(4,5)10-19-17(21)15-12(3)13-8-6-7-9-14(13)22-15/h6-9,11-12,15-16,20H,10H2,1-5H3,(H,19,21). The first-order chi connectivity index (χ1) is 10.2. The molecular weight excluding hydrogens is 278 g/mol. The van der Waals surface area contributed by atoms with Crippen molar-refractivity contribution in [1.29, 1.82) is 0 Å². The molecule has 0 radical (unpaired) electrons. The van der Waals surface area contributed by atoms with Crippen LogP contribution in [0.3, 0.4) is 0 Å². The van der Waals surface area contributed by atoms with E-state index in [1.54, 1.807) is 0 Å². The number of nitrogens with one attached hydrogen (secondary N) is 1. The minimum Gasteiger partial charge on any atom is -0.480 e. The molecule has 0 fully saturated rings. The Kier molecular flexibility index (Phi) is 4.81. The summed E-state index contributed by atoms with van der Waals surface area (Å²) in [7, 11) is 0. The van der Waals surface area contributed by atoms with Gasteiger partial charge in [0.25, 0.3) is 5.91 Å². The zero-order valence-electron chi connectivity index (χ0n) is 14.1. The molecule has 4 nitrogen and oxygen atoms in total. The number of amides is 1. The van der Waals surface area contributed by atoms with Crippen LogP contribution >= 0.6 is 0 Å². The number of fused-ring (bicyclic) bond motifs is 1. The summed E-state index contributed by atoms with van der Waals surface area (Å²) in [4.78, 5) is 12.4. The van der Waals surface area contributed by atoms with E-state index in [-0.39, 0.29) is 23.2 Å². The predicted octanol–water partition coefficient (Wildman–Crippen LogP) is 2.71. The highest BCUT2D eigenvalue weighted by Gasteiger charge is 2.37. The minimum absolute atomic E-state index is 0.0364. The molecule has 0 bridgehead atoms. The van der Waals surface area contributed by atoms with Crippen molar-refractivity contribution in [3.8, 4) is 5.75 Å². The Morgan fingerprint density at radius 2 is 2.00 bits per heavy atom. The summed E-state index contributed by atoms with van der Waals surface area (Å²) in [6.45, 7) is 10.3. The lowest BCUT2D eigenvalue weighted by Crippen LogP contribution is -2.47. The molecule has 0 saturated heterocycles. The summed E-state index contributed by atoms with van der Waals surface area (Å²) < 4.78 is 5.78. The topological polar surface area (TPSA) is 58.6 Å². The van der Waals surface area contributed by atoms with E-state index in [0.717, 1.165) is 11.3 Å². The number of ether oxygens (including phenoxy) is 1. The zero-order chi connectivity index (χ0) is 16.5. The summed E-state index contributed by atoms with van der Waals surface area (Å²) in [5.41, 5.74) is 0.697. The van der Waals surface area contributed by atoms with E-state index in [0.29, 0.717) is 6.54 Å². The molecule has 3 atom stereocenters. The van der Waals surface area contributed by atoms with Crippen molar-refractivity contribution in [3.63, 3.8) is 0 Å². The fraction of sp³-hybridized carbons (Fsp3) is 0.611. The molecule has 1 aliphatic heterocycles. The van der Waals surface area contributed by atoms with Gasteiger partial charge in [-0.05, 0) is 12.0 Å². The van der Waals surface area contributed by atoms with Gasteiger partial charge in [-0.2, -0.15) is 0 Å². The molecule has 122 valence electrons. The Balaban J connectivity index is 1.97. The Bertz CT molecular complexity index is 539. The fourth-order valence-corrected chi connectivity index (χ4v) is 3.07. The molecule has 1 aromatic rings. The quantitative estimate of drug-likeness (QED) is 0.879. The number of carbonyl (C=O) groups is 1. The third-order valence-corrected chi connectivity index (χ3v) is 4.53. The number of carbonyl (C=O) groups excluding carboxylic acids is 1. The second-order valence-electron chi connectivity index (χ2n) is 7.26. The molecule has 3 unspecified atom stereocenters. The van der Waals surface area contributed by atoms with Gasteiger partial charge in [-0.15, -0.1) is 0 Å². The van der Waals surface area contributed by atoms with E-state index < -0.39 is 12.2 Å². The summed E-state index contributed by atoms with van der Waals surface area (Å²) in [5.74, 6) is 0.858. The van der Waals surface area contributed by atoms with E-state index in [1.165, 1.54) is 0 Å². The average Bonchev–Trinajstić information content (AvgIpc) is 2.81. The van der Waals surface area contributed by atoms with Crippen LogP contribution in [-0.4, -0.2) is 29.8 Å². The van der Waals surface area contributed by atoms with Crippen molar-refractivity contribution in [1.82, 2.24) is 5.32 Å². The maximum atomic E-state index is 12.4. The first kappa shape index (κ1) is 16.8. The lowest BCUT2D eigenvalue weighted by molar-refractivity contribution is -0.128. The SMILES string of the molecule is CC(C)C(O)C(C)(C)CNC(=O)C1Oc2ccccc2C1C. The lowest BCUT2D eigenvalue weighted by atomic mass is 9.80. The molecule has 0 aromatic heterocycles. The first-order valence-corrected chi connectivity index (χ1v) is 7.95. The third-order valence-electron chi connectivity index (χ3n) is 4.53. The van der Waals surface area contributed by atoms with Gasteiger partial charge in [-0.3, -0.25) is 4.79 Å².